The van der Waals surface area contributed by atoms with E-state index in [9.17, 15) is 4.79 Å². The van der Waals surface area contributed by atoms with Gasteiger partial charge in [0.1, 0.15) is 0 Å². The number of amides is 1. The van der Waals surface area contributed by atoms with E-state index in [0.29, 0.717) is 5.41 Å². The highest BCUT2D eigenvalue weighted by Crippen LogP contribution is 2.53. The fraction of sp³-hybridized carbons (Fsp3) is 0.750. The van der Waals surface area contributed by atoms with Gasteiger partial charge in [-0.15, -0.1) is 0 Å². The van der Waals surface area contributed by atoms with Crippen LogP contribution in [-0.2, 0) is 4.79 Å². The van der Waals surface area contributed by atoms with Crippen LogP contribution in [0.2, 0.25) is 0 Å². The molecule has 112 valence electrons. The third-order valence-electron chi connectivity index (χ3n) is 4.96. The average Bonchev–Trinajstić information content (AvgIpc) is 3.22. The van der Waals surface area contributed by atoms with Crippen LogP contribution in [0.5, 0.6) is 0 Å². The lowest BCUT2D eigenvalue weighted by atomic mass is 9.93. The van der Waals surface area contributed by atoms with Crippen LogP contribution in [0.3, 0.4) is 0 Å². The average molecular weight is 277 g/mol. The van der Waals surface area contributed by atoms with Crippen molar-refractivity contribution in [3.05, 3.63) is 11.3 Å². The Morgan fingerprint density at radius 2 is 1.90 bits per heavy atom. The maximum absolute atomic E-state index is 12.8. The number of likely N-dealkylation sites (tertiary alicyclic amines) is 1. The van der Waals surface area contributed by atoms with Crippen molar-refractivity contribution in [2.24, 2.45) is 10.5 Å². The van der Waals surface area contributed by atoms with Crippen molar-refractivity contribution in [1.82, 2.24) is 9.91 Å². The van der Waals surface area contributed by atoms with E-state index < -0.39 is 0 Å². The smallest absolute Gasteiger partial charge is 0.251 e. The molecule has 1 saturated heterocycles. The van der Waals surface area contributed by atoms with Crippen LogP contribution in [0.25, 0.3) is 0 Å². The summed E-state index contributed by atoms with van der Waals surface area (Å²) in [6.07, 6.45) is 6.90. The minimum Gasteiger partial charge on any atom is -0.339 e. The van der Waals surface area contributed by atoms with Crippen molar-refractivity contribution in [2.75, 3.05) is 20.1 Å². The van der Waals surface area contributed by atoms with E-state index in [1.165, 1.54) is 25.7 Å². The van der Waals surface area contributed by atoms with E-state index in [0.717, 1.165) is 37.2 Å². The van der Waals surface area contributed by atoms with Crippen LogP contribution in [0.1, 0.15) is 52.4 Å². The Morgan fingerprint density at radius 3 is 2.35 bits per heavy atom. The zero-order valence-electron chi connectivity index (χ0n) is 13.1. The van der Waals surface area contributed by atoms with Gasteiger partial charge in [-0.2, -0.15) is 5.10 Å². The number of hydrazone groups is 1. The summed E-state index contributed by atoms with van der Waals surface area (Å²) in [5.41, 5.74) is 2.44. The van der Waals surface area contributed by atoms with Crippen molar-refractivity contribution in [3.63, 3.8) is 0 Å². The third kappa shape index (κ3) is 3.05. The predicted molar refractivity (Wildman–Crippen MR) is 82.4 cm³/mol. The van der Waals surface area contributed by atoms with Crippen LogP contribution < -0.4 is 0 Å². The van der Waals surface area contributed by atoms with Crippen molar-refractivity contribution in [2.45, 2.75) is 52.4 Å². The number of nitrogens with zero attached hydrogens (tertiary/aromatic N) is 3. The highest BCUT2D eigenvalue weighted by molar-refractivity contribution is 5.94. The van der Waals surface area contributed by atoms with Gasteiger partial charge >= 0.3 is 0 Å². The van der Waals surface area contributed by atoms with E-state index in [1.807, 2.05) is 18.9 Å². The number of carbonyl (C=O) groups excluding carboxylic acids is 1. The van der Waals surface area contributed by atoms with Gasteiger partial charge in [-0.1, -0.05) is 13.3 Å². The quantitative estimate of drug-likeness (QED) is 0.440. The summed E-state index contributed by atoms with van der Waals surface area (Å²) >= 11 is 0. The van der Waals surface area contributed by atoms with Gasteiger partial charge in [0.15, 0.2) is 0 Å². The van der Waals surface area contributed by atoms with Crippen LogP contribution in [0, 0.1) is 5.41 Å². The van der Waals surface area contributed by atoms with Crippen molar-refractivity contribution in [1.29, 1.82) is 0 Å². The Hall–Kier alpha value is -1.32. The van der Waals surface area contributed by atoms with Crippen molar-refractivity contribution >= 4 is 12.6 Å². The molecule has 4 heteroatoms. The summed E-state index contributed by atoms with van der Waals surface area (Å²) in [7, 11) is 1.85. The van der Waals surface area contributed by atoms with E-state index in [-0.39, 0.29) is 5.91 Å². The Balaban J connectivity index is 2.08. The summed E-state index contributed by atoms with van der Waals surface area (Å²) in [5.74, 6) is 0.204. The number of hydrogen-bond donors (Lipinski definition) is 0. The molecule has 4 nitrogen and oxygen atoms in total. The van der Waals surface area contributed by atoms with E-state index >= 15 is 0 Å². The van der Waals surface area contributed by atoms with Gasteiger partial charge in [0.05, 0.1) is 0 Å². The molecule has 2 fully saturated rings. The maximum Gasteiger partial charge on any atom is 0.251 e. The summed E-state index contributed by atoms with van der Waals surface area (Å²) in [6.45, 7) is 9.45. The summed E-state index contributed by atoms with van der Waals surface area (Å²) in [5, 5.41) is 5.61. The molecule has 1 aliphatic carbocycles. The molecule has 1 heterocycles. The molecule has 1 saturated carbocycles. The topological polar surface area (TPSA) is 35.9 Å². The van der Waals surface area contributed by atoms with Crippen LogP contribution >= 0.6 is 0 Å². The summed E-state index contributed by atoms with van der Waals surface area (Å²) in [6, 6.07) is 0. The van der Waals surface area contributed by atoms with Gasteiger partial charge < -0.3 is 4.90 Å². The van der Waals surface area contributed by atoms with Gasteiger partial charge in [0, 0.05) is 38.1 Å². The number of piperidine rings is 1. The first-order valence-electron chi connectivity index (χ1n) is 7.72. The lowest BCUT2D eigenvalue weighted by molar-refractivity contribution is -0.129. The largest absolute Gasteiger partial charge is 0.339 e. The molecule has 0 aromatic heterocycles. The molecule has 0 atom stereocenters. The van der Waals surface area contributed by atoms with Gasteiger partial charge in [-0.05, 0) is 44.4 Å². The van der Waals surface area contributed by atoms with E-state index in [1.54, 1.807) is 5.01 Å². The molecule has 20 heavy (non-hydrogen) atoms. The SMILES string of the molecule is C=NN(C)/C(C)=C(\CCC)C(=O)N1CCC2(CC1)CC2. The van der Waals surface area contributed by atoms with Gasteiger partial charge in [-0.3, -0.25) is 9.80 Å². The van der Waals surface area contributed by atoms with E-state index in [2.05, 4.69) is 18.7 Å². The van der Waals surface area contributed by atoms with Gasteiger partial charge in [0.25, 0.3) is 5.91 Å². The molecule has 0 bridgehead atoms. The molecule has 0 aromatic carbocycles. The highest BCUT2D eigenvalue weighted by atomic mass is 16.2. The number of carbonyl (C=O) groups is 1. The number of rotatable bonds is 5. The Morgan fingerprint density at radius 1 is 1.30 bits per heavy atom. The molecule has 0 radical (unpaired) electrons. The third-order valence-corrected chi connectivity index (χ3v) is 4.96. The Bertz CT molecular complexity index is 413. The Labute approximate surface area is 122 Å². The van der Waals surface area contributed by atoms with Crippen molar-refractivity contribution in [3.8, 4) is 0 Å². The standard InChI is InChI=1S/C16H27N3O/c1-5-6-14(13(2)18(4)17-3)15(20)19-11-9-16(7-8-16)10-12-19/h3,5-12H2,1-2,4H3/b14-13+. The monoisotopic (exact) mass is 277 g/mol. The molecule has 1 aliphatic heterocycles. The lowest BCUT2D eigenvalue weighted by Crippen LogP contribution is -2.40. The zero-order chi connectivity index (χ0) is 14.8. The molecule has 0 N–H and O–H groups in total. The zero-order valence-corrected chi connectivity index (χ0v) is 13.1. The molecule has 0 aromatic rings. The fourth-order valence-corrected chi connectivity index (χ4v) is 3.05. The number of allylic oxidation sites excluding steroid dienone is 1. The van der Waals surface area contributed by atoms with Crippen molar-refractivity contribution < 1.29 is 4.79 Å². The fourth-order valence-electron chi connectivity index (χ4n) is 3.05. The Kier molecular flexibility index (Phi) is 4.51. The van der Waals surface area contributed by atoms with Gasteiger partial charge in [0.2, 0.25) is 0 Å². The molecular formula is C16H27N3O. The van der Waals surface area contributed by atoms with Crippen LogP contribution in [0.15, 0.2) is 16.4 Å². The van der Waals surface area contributed by atoms with Crippen LogP contribution in [-0.4, -0.2) is 42.7 Å². The summed E-state index contributed by atoms with van der Waals surface area (Å²) in [4.78, 5) is 14.8. The minimum absolute atomic E-state index is 0.204. The second-order valence-corrected chi connectivity index (χ2v) is 6.27. The minimum atomic E-state index is 0.204. The molecule has 2 rings (SSSR count). The normalized spacial score (nSPS) is 21.4. The predicted octanol–water partition coefficient (Wildman–Crippen LogP) is 3.01. The highest BCUT2D eigenvalue weighted by Gasteiger charge is 2.45. The second kappa shape index (κ2) is 5.98. The first-order chi connectivity index (χ1) is 9.53. The first kappa shape index (κ1) is 15.1. The first-order valence-corrected chi connectivity index (χ1v) is 7.72. The molecule has 1 amide bonds. The summed E-state index contributed by atoms with van der Waals surface area (Å²) < 4.78 is 0. The lowest BCUT2D eigenvalue weighted by Gasteiger charge is -2.33. The molecule has 0 unspecified atom stereocenters. The molecular weight excluding hydrogens is 250 g/mol. The number of hydrogen-bond acceptors (Lipinski definition) is 3. The van der Waals surface area contributed by atoms with Crippen LogP contribution in [0.4, 0.5) is 0 Å². The molecule has 1 spiro atoms. The molecule has 2 aliphatic rings. The maximum atomic E-state index is 12.8. The van der Waals surface area contributed by atoms with E-state index in [4.69, 9.17) is 0 Å². The van der Waals surface area contributed by atoms with Gasteiger partial charge in [-0.25, -0.2) is 0 Å². The second-order valence-electron chi connectivity index (χ2n) is 6.27.